The second-order valence-corrected chi connectivity index (χ2v) is 6.08. The van der Waals surface area contributed by atoms with E-state index in [4.69, 9.17) is 4.74 Å². The van der Waals surface area contributed by atoms with E-state index >= 15 is 0 Å². The molecule has 0 amide bonds. The molecule has 0 heterocycles. The summed E-state index contributed by atoms with van der Waals surface area (Å²) in [5.74, 6) is -0.109. The van der Waals surface area contributed by atoms with Crippen LogP contribution in [0.2, 0.25) is 0 Å². The van der Waals surface area contributed by atoms with Crippen LogP contribution in [0.5, 0.6) is 0 Å². The topological polar surface area (TPSA) is 26.3 Å². The number of ether oxygens (including phenoxy) is 1. The molecule has 0 aliphatic carbocycles. The van der Waals surface area contributed by atoms with Gasteiger partial charge in [0.25, 0.3) is 0 Å². The lowest BCUT2D eigenvalue weighted by atomic mass is 10.0. The van der Waals surface area contributed by atoms with Gasteiger partial charge in [-0.3, -0.25) is 4.79 Å². The fourth-order valence-electron chi connectivity index (χ4n) is 2.56. The van der Waals surface area contributed by atoms with Crippen molar-refractivity contribution in [3.8, 4) is 0 Å². The van der Waals surface area contributed by atoms with Crippen LogP contribution >= 0.6 is 0 Å². The largest absolute Gasteiger partial charge is 0.462 e. The first-order valence-electron chi connectivity index (χ1n) is 9.15. The molecule has 22 heavy (non-hydrogen) atoms. The Kier molecular flexibility index (Phi) is 15.5. The van der Waals surface area contributed by atoms with Gasteiger partial charge in [0, 0.05) is 12.8 Å². The maximum absolute atomic E-state index is 11.6. The molecule has 0 saturated heterocycles. The molecule has 0 aromatic heterocycles. The maximum atomic E-state index is 11.6. The minimum Gasteiger partial charge on any atom is -0.462 e. The van der Waals surface area contributed by atoms with Gasteiger partial charge >= 0.3 is 5.97 Å². The van der Waals surface area contributed by atoms with Crippen LogP contribution in [0.1, 0.15) is 90.4 Å². The quantitative estimate of drug-likeness (QED) is 0.188. The van der Waals surface area contributed by atoms with Gasteiger partial charge in [-0.1, -0.05) is 70.4 Å². The van der Waals surface area contributed by atoms with Gasteiger partial charge in [-0.25, -0.2) is 0 Å². The van der Waals surface area contributed by atoms with Crippen molar-refractivity contribution in [1.29, 1.82) is 0 Å². The van der Waals surface area contributed by atoms with E-state index in [0.29, 0.717) is 12.8 Å². The van der Waals surface area contributed by atoms with E-state index in [1.165, 1.54) is 51.4 Å². The van der Waals surface area contributed by atoms with E-state index in [2.05, 4.69) is 20.1 Å². The average Bonchev–Trinajstić information content (AvgIpc) is 2.51. The second kappa shape index (κ2) is 16.3. The molecule has 2 heteroatoms. The molecule has 0 N–H and O–H groups in total. The van der Waals surface area contributed by atoms with Gasteiger partial charge in [-0.2, -0.15) is 0 Å². The number of esters is 1. The lowest BCUT2D eigenvalue weighted by Gasteiger charge is -2.16. The molecule has 2 nitrogen and oxygen atoms in total. The Hall–Kier alpha value is -1.05. The van der Waals surface area contributed by atoms with Gasteiger partial charge in [0.15, 0.2) is 0 Å². The van der Waals surface area contributed by atoms with Crippen LogP contribution < -0.4 is 0 Å². The molecule has 0 aromatic rings. The fraction of sp³-hybridized carbons (Fsp3) is 0.750. The minimum atomic E-state index is -0.109. The van der Waals surface area contributed by atoms with Crippen LogP contribution in [-0.4, -0.2) is 12.1 Å². The Morgan fingerprint density at radius 3 is 2.09 bits per heavy atom. The predicted molar refractivity (Wildman–Crippen MR) is 96.0 cm³/mol. The van der Waals surface area contributed by atoms with Crippen molar-refractivity contribution in [2.45, 2.75) is 96.5 Å². The Morgan fingerprint density at radius 2 is 1.55 bits per heavy atom. The van der Waals surface area contributed by atoms with Crippen LogP contribution in [0, 0.1) is 0 Å². The highest BCUT2D eigenvalue weighted by molar-refractivity contribution is 5.69. The number of hydrogen-bond donors (Lipinski definition) is 0. The Balaban J connectivity index is 3.62. The highest BCUT2D eigenvalue weighted by atomic mass is 16.5. The standard InChI is InChI=1S/C20H36O2/c1-4-7-9-10-11-12-13-14-15-17-19(16-6-3)22-20(21)18-8-5-2/h5-6,19H,2-4,7-18H2,1H3. The van der Waals surface area contributed by atoms with Crippen molar-refractivity contribution >= 4 is 5.97 Å². The Bertz CT molecular complexity index is 283. The van der Waals surface area contributed by atoms with Gasteiger partial charge < -0.3 is 4.74 Å². The van der Waals surface area contributed by atoms with E-state index < -0.39 is 0 Å². The summed E-state index contributed by atoms with van der Waals surface area (Å²) in [6, 6.07) is 0. The SMILES string of the molecule is C=CCCC(=O)OC(CC=C)CCCCCCCCCCC. The van der Waals surface area contributed by atoms with Crippen molar-refractivity contribution in [2.75, 3.05) is 0 Å². The van der Waals surface area contributed by atoms with Crippen LogP contribution in [0.3, 0.4) is 0 Å². The number of allylic oxidation sites excluding steroid dienone is 1. The molecule has 0 radical (unpaired) electrons. The zero-order chi connectivity index (χ0) is 16.5. The molecule has 0 aliphatic rings. The first-order valence-corrected chi connectivity index (χ1v) is 9.15. The summed E-state index contributed by atoms with van der Waals surface area (Å²) in [4.78, 5) is 11.6. The van der Waals surface area contributed by atoms with Gasteiger partial charge in [-0.15, -0.1) is 13.2 Å². The summed E-state index contributed by atoms with van der Waals surface area (Å²) < 4.78 is 5.51. The van der Waals surface area contributed by atoms with E-state index in [0.717, 1.165) is 19.3 Å². The van der Waals surface area contributed by atoms with Crippen molar-refractivity contribution in [1.82, 2.24) is 0 Å². The number of unbranched alkanes of at least 4 members (excludes halogenated alkanes) is 8. The Labute approximate surface area is 138 Å². The van der Waals surface area contributed by atoms with Crippen LogP contribution in [0.15, 0.2) is 25.3 Å². The van der Waals surface area contributed by atoms with Crippen LogP contribution in [0.4, 0.5) is 0 Å². The fourth-order valence-corrected chi connectivity index (χ4v) is 2.56. The molecule has 0 aliphatic heterocycles. The number of carbonyl (C=O) groups is 1. The van der Waals surface area contributed by atoms with Gasteiger partial charge in [0.2, 0.25) is 0 Å². The lowest BCUT2D eigenvalue weighted by molar-refractivity contribution is -0.149. The zero-order valence-electron chi connectivity index (χ0n) is 14.7. The molecule has 0 bridgehead atoms. The summed E-state index contributed by atoms with van der Waals surface area (Å²) in [5, 5.41) is 0. The molecule has 128 valence electrons. The van der Waals surface area contributed by atoms with Crippen molar-refractivity contribution in [2.24, 2.45) is 0 Å². The summed E-state index contributed by atoms with van der Waals surface area (Å²) in [6.07, 6.45) is 18.3. The van der Waals surface area contributed by atoms with E-state index in [1.807, 2.05) is 6.08 Å². The monoisotopic (exact) mass is 308 g/mol. The van der Waals surface area contributed by atoms with Crippen LogP contribution in [0.25, 0.3) is 0 Å². The number of rotatable bonds is 16. The first kappa shape index (κ1) is 20.9. The third-order valence-corrected chi connectivity index (χ3v) is 3.91. The minimum absolute atomic E-state index is 0.0133. The lowest BCUT2D eigenvalue weighted by Crippen LogP contribution is -2.17. The predicted octanol–water partition coefficient (Wildman–Crippen LogP) is 6.36. The van der Waals surface area contributed by atoms with Crippen LogP contribution in [-0.2, 0) is 9.53 Å². The van der Waals surface area contributed by atoms with Gasteiger partial charge in [0.05, 0.1) is 0 Å². The molecule has 0 rings (SSSR count). The van der Waals surface area contributed by atoms with E-state index in [9.17, 15) is 4.79 Å². The third kappa shape index (κ3) is 13.9. The summed E-state index contributed by atoms with van der Waals surface area (Å²) in [5.41, 5.74) is 0. The van der Waals surface area contributed by atoms with E-state index in [1.54, 1.807) is 6.08 Å². The molecule has 0 saturated carbocycles. The molecule has 0 fully saturated rings. The van der Waals surface area contributed by atoms with Gasteiger partial charge in [0.1, 0.15) is 6.10 Å². The number of carbonyl (C=O) groups excluding carboxylic acids is 1. The van der Waals surface area contributed by atoms with Gasteiger partial charge in [-0.05, 0) is 19.3 Å². The third-order valence-electron chi connectivity index (χ3n) is 3.91. The van der Waals surface area contributed by atoms with Crippen molar-refractivity contribution in [3.63, 3.8) is 0 Å². The van der Waals surface area contributed by atoms with E-state index in [-0.39, 0.29) is 12.1 Å². The first-order chi connectivity index (χ1) is 10.7. The summed E-state index contributed by atoms with van der Waals surface area (Å²) in [7, 11) is 0. The normalized spacial score (nSPS) is 11.9. The van der Waals surface area contributed by atoms with Crippen molar-refractivity contribution < 1.29 is 9.53 Å². The Morgan fingerprint density at radius 1 is 0.955 bits per heavy atom. The zero-order valence-corrected chi connectivity index (χ0v) is 14.7. The highest BCUT2D eigenvalue weighted by Crippen LogP contribution is 2.15. The number of hydrogen-bond acceptors (Lipinski definition) is 2. The second-order valence-electron chi connectivity index (χ2n) is 6.08. The molecular formula is C20H36O2. The summed E-state index contributed by atoms with van der Waals surface area (Å²) >= 11 is 0. The van der Waals surface area contributed by atoms with Crippen molar-refractivity contribution in [3.05, 3.63) is 25.3 Å². The summed E-state index contributed by atoms with van der Waals surface area (Å²) in [6.45, 7) is 9.64. The molecule has 0 spiro atoms. The molecule has 1 unspecified atom stereocenters. The average molecular weight is 309 g/mol. The molecule has 0 aromatic carbocycles. The molecular weight excluding hydrogens is 272 g/mol. The smallest absolute Gasteiger partial charge is 0.306 e. The maximum Gasteiger partial charge on any atom is 0.306 e. The molecule has 1 atom stereocenters. The highest BCUT2D eigenvalue weighted by Gasteiger charge is 2.12.